The molecule has 0 aliphatic carbocycles. The van der Waals surface area contributed by atoms with Gasteiger partial charge in [0.2, 0.25) is 17.7 Å². The van der Waals surface area contributed by atoms with E-state index < -0.39 is 37.7 Å². The Morgan fingerprint density at radius 2 is 1.74 bits per heavy atom. The van der Waals surface area contributed by atoms with E-state index in [1.807, 2.05) is 5.32 Å². The molecular weight excluding hydrogens is 413 g/mol. The molecule has 0 fully saturated rings. The Kier molecular flexibility index (Phi) is 6.22. The molecule has 2 N–H and O–H groups in total. The van der Waals surface area contributed by atoms with Gasteiger partial charge in [-0.25, -0.2) is 22.3 Å². The molecule has 2 heterocycles. The van der Waals surface area contributed by atoms with Gasteiger partial charge in [0.25, 0.3) is 10.0 Å². The van der Waals surface area contributed by atoms with Crippen molar-refractivity contribution in [3.8, 4) is 11.8 Å². The second-order valence-corrected chi connectivity index (χ2v) is 7.33. The molecule has 0 aliphatic rings. The van der Waals surface area contributed by atoms with Crippen molar-refractivity contribution >= 4 is 39.2 Å². The molecule has 0 spiro atoms. The maximum absolute atomic E-state index is 13.4. The minimum absolute atomic E-state index is 0.0196. The number of amides is 2. The summed E-state index contributed by atoms with van der Waals surface area (Å²) in [5, 5.41) is 3.10. The number of halogens is 3. The second kappa shape index (κ2) is 8.22. The van der Waals surface area contributed by atoms with Gasteiger partial charge in [-0.2, -0.15) is 18.7 Å². The van der Waals surface area contributed by atoms with Crippen molar-refractivity contribution in [3.63, 3.8) is 0 Å². The predicted molar refractivity (Wildman–Crippen MR) is 89.0 cm³/mol. The van der Waals surface area contributed by atoms with Crippen LogP contribution in [-0.4, -0.2) is 38.6 Å². The predicted octanol–water partition coefficient (Wildman–Crippen LogP) is 2.60. The van der Waals surface area contributed by atoms with Gasteiger partial charge in [-0.1, -0.05) is 0 Å². The van der Waals surface area contributed by atoms with Crippen molar-refractivity contribution in [1.29, 1.82) is 0 Å². The number of aromatic nitrogens is 2. The monoisotopic (exact) mass is 424 g/mol. The van der Waals surface area contributed by atoms with Crippen molar-refractivity contribution < 1.29 is 35.9 Å². The minimum atomic E-state index is -4.65. The lowest BCUT2D eigenvalue weighted by atomic mass is 10.3. The summed E-state index contributed by atoms with van der Waals surface area (Å²) in [5.74, 6) is -2.32. The number of carbonyl (C=O) groups is 1. The third kappa shape index (κ3) is 4.85. The van der Waals surface area contributed by atoms with Gasteiger partial charge in [-0.05, 0) is 11.4 Å². The number of carbonyl (C=O) groups excluding carboxylic acids is 1. The molecule has 0 atom stereocenters. The molecular formula is C13H11F3N4O5S2. The number of thiophene rings is 1. The van der Waals surface area contributed by atoms with E-state index in [1.165, 1.54) is 20.3 Å². The Bertz CT molecular complexity index is 967. The van der Waals surface area contributed by atoms with E-state index in [1.54, 1.807) is 4.72 Å². The first-order chi connectivity index (χ1) is 12.7. The van der Waals surface area contributed by atoms with E-state index >= 15 is 0 Å². The van der Waals surface area contributed by atoms with E-state index in [9.17, 15) is 26.4 Å². The largest absolute Gasteiger partial charge is 0.481 e. The third-order valence-electron chi connectivity index (χ3n) is 2.83. The summed E-state index contributed by atoms with van der Waals surface area (Å²) in [7, 11) is -2.06. The fourth-order valence-electron chi connectivity index (χ4n) is 1.73. The normalized spacial score (nSPS) is 10.9. The molecule has 9 nitrogen and oxygen atoms in total. The number of hydrogen-bond acceptors (Lipinski definition) is 8. The quantitative estimate of drug-likeness (QED) is 0.731. The number of nitrogens with zero attached hydrogens (tertiary/aromatic N) is 2. The highest BCUT2D eigenvalue weighted by molar-refractivity contribution is 7.92. The zero-order valence-electron chi connectivity index (χ0n) is 13.6. The average molecular weight is 424 g/mol. The highest BCUT2D eigenvalue weighted by atomic mass is 32.2. The Morgan fingerprint density at radius 3 is 2.26 bits per heavy atom. The minimum Gasteiger partial charge on any atom is -0.481 e. The van der Waals surface area contributed by atoms with E-state index in [4.69, 9.17) is 9.47 Å². The Morgan fingerprint density at radius 1 is 1.15 bits per heavy atom. The number of urea groups is 1. The van der Waals surface area contributed by atoms with Crippen LogP contribution in [0, 0.1) is 0 Å². The van der Waals surface area contributed by atoms with Crippen LogP contribution >= 0.6 is 11.3 Å². The van der Waals surface area contributed by atoms with Crippen LogP contribution in [0.25, 0.3) is 5.83 Å². The number of rotatable bonds is 6. The first-order valence-electron chi connectivity index (χ1n) is 6.77. The molecule has 27 heavy (non-hydrogen) atoms. The van der Waals surface area contributed by atoms with E-state index in [0.29, 0.717) is 11.3 Å². The van der Waals surface area contributed by atoms with Crippen molar-refractivity contribution in [2.75, 3.05) is 19.5 Å². The van der Waals surface area contributed by atoms with E-state index in [2.05, 4.69) is 9.97 Å². The van der Waals surface area contributed by atoms with Gasteiger partial charge in [0.1, 0.15) is 0 Å². The summed E-state index contributed by atoms with van der Waals surface area (Å²) < 4.78 is 73.2. The lowest BCUT2D eigenvalue weighted by Crippen LogP contribution is -2.34. The summed E-state index contributed by atoms with van der Waals surface area (Å²) in [4.78, 5) is 19.4. The summed E-state index contributed by atoms with van der Waals surface area (Å²) in [6.45, 7) is 0. The molecule has 0 saturated carbocycles. The zero-order valence-corrected chi connectivity index (χ0v) is 15.3. The maximum atomic E-state index is 13.4. The molecule has 0 bridgehead atoms. The number of hydrogen-bond donors (Lipinski definition) is 2. The van der Waals surface area contributed by atoms with Crippen molar-refractivity contribution in [1.82, 2.24) is 14.7 Å². The molecule has 0 saturated heterocycles. The van der Waals surface area contributed by atoms with Crippen LogP contribution in [-0.2, 0) is 10.0 Å². The maximum Gasteiger partial charge on any atom is 0.335 e. The van der Waals surface area contributed by atoms with Gasteiger partial charge in [0.05, 0.1) is 20.3 Å². The molecule has 2 aromatic heterocycles. The first kappa shape index (κ1) is 20.4. The Hall–Kier alpha value is -2.87. The Labute approximate surface area is 154 Å². The van der Waals surface area contributed by atoms with E-state index in [-0.39, 0.29) is 17.7 Å². The fourth-order valence-corrected chi connectivity index (χ4v) is 3.98. The number of sulfonamides is 1. The summed E-state index contributed by atoms with van der Waals surface area (Å²) >= 11 is 0.453. The van der Waals surface area contributed by atoms with Crippen molar-refractivity contribution in [2.45, 2.75) is 4.21 Å². The van der Waals surface area contributed by atoms with Crippen LogP contribution in [0.1, 0.15) is 5.56 Å². The SMILES string of the molecule is COc1cc(OC)nc(NC(=O)NS(=O)(=O)c2sccc2C(F)=C(F)F)n1. The van der Waals surface area contributed by atoms with Gasteiger partial charge in [-0.3, -0.25) is 5.32 Å². The molecule has 0 aromatic carbocycles. The summed E-state index contributed by atoms with van der Waals surface area (Å²) in [6.07, 6.45) is -2.69. The molecule has 0 aliphatic heterocycles. The van der Waals surface area contributed by atoms with Crippen molar-refractivity contribution in [3.05, 3.63) is 29.2 Å². The topological polar surface area (TPSA) is 120 Å². The van der Waals surface area contributed by atoms with Crippen LogP contribution in [0.4, 0.5) is 23.9 Å². The lowest BCUT2D eigenvalue weighted by Gasteiger charge is -2.09. The van der Waals surface area contributed by atoms with Gasteiger partial charge < -0.3 is 9.47 Å². The highest BCUT2D eigenvalue weighted by Gasteiger charge is 2.27. The van der Waals surface area contributed by atoms with E-state index in [0.717, 1.165) is 11.4 Å². The highest BCUT2D eigenvalue weighted by Crippen LogP contribution is 2.32. The molecule has 2 aromatic rings. The molecule has 0 radical (unpaired) electrons. The molecule has 146 valence electrons. The average Bonchev–Trinajstić information content (AvgIpc) is 3.10. The lowest BCUT2D eigenvalue weighted by molar-refractivity contribution is 0.256. The number of nitrogens with one attached hydrogen (secondary N) is 2. The van der Waals surface area contributed by atoms with Gasteiger partial charge in [-0.15, -0.1) is 11.3 Å². The third-order valence-corrected chi connectivity index (χ3v) is 5.64. The fraction of sp³-hybridized carbons (Fsp3) is 0.154. The summed E-state index contributed by atoms with van der Waals surface area (Å²) in [5.41, 5.74) is -0.861. The number of ether oxygens (including phenoxy) is 2. The molecule has 0 unspecified atom stereocenters. The van der Waals surface area contributed by atoms with Gasteiger partial charge in [0.15, 0.2) is 10.0 Å². The van der Waals surface area contributed by atoms with Gasteiger partial charge >= 0.3 is 12.1 Å². The van der Waals surface area contributed by atoms with Crippen LogP contribution in [0.3, 0.4) is 0 Å². The van der Waals surface area contributed by atoms with Gasteiger partial charge in [0, 0.05) is 5.56 Å². The Balaban J connectivity index is 2.24. The molecule has 14 heteroatoms. The molecule has 2 amide bonds. The van der Waals surface area contributed by atoms with Crippen LogP contribution in [0.15, 0.2) is 27.8 Å². The molecule has 2 rings (SSSR count). The van der Waals surface area contributed by atoms with Crippen LogP contribution < -0.4 is 19.5 Å². The summed E-state index contributed by atoms with van der Waals surface area (Å²) in [6, 6.07) is 0.842. The number of methoxy groups -OCH3 is 2. The number of anilines is 1. The second-order valence-electron chi connectivity index (χ2n) is 4.53. The smallest absolute Gasteiger partial charge is 0.335 e. The standard InChI is InChI=1S/C13H11F3N4O5S2/c1-24-7-5-8(25-2)18-12(17-7)19-13(21)20-27(22,23)11-6(3-4-26-11)9(14)10(15)16/h3-5H,1-2H3,(H2,17,18,19,20,21). The van der Waals surface area contributed by atoms with Crippen molar-refractivity contribution in [2.24, 2.45) is 0 Å². The van der Waals surface area contributed by atoms with Crippen LogP contribution in [0.2, 0.25) is 0 Å². The van der Waals surface area contributed by atoms with Crippen LogP contribution in [0.5, 0.6) is 11.8 Å². The zero-order chi connectivity index (χ0) is 20.2. The first-order valence-corrected chi connectivity index (χ1v) is 9.13.